The van der Waals surface area contributed by atoms with Crippen molar-refractivity contribution in [3.05, 3.63) is 69.9 Å². The van der Waals surface area contributed by atoms with Gasteiger partial charge in [0.1, 0.15) is 41.4 Å². The number of hydrogen-bond donors (Lipinski definition) is 7. The molecular formula is C31H32N2O11. The molecule has 44 heavy (non-hydrogen) atoms. The molecule has 6 atom stereocenters. The number of carbonyl (C=O) groups is 3. The molecule has 13 heteroatoms. The molecule has 4 unspecified atom stereocenters. The second kappa shape index (κ2) is 11.0. The summed E-state index contributed by atoms with van der Waals surface area (Å²) in [6.07, 6.45) is -3.32. The number of rotatable bonds is 7. The number of carbonyl (C=O) groups excluding carboxylic acids is 3. The van der Waals surface area contributed by atoms with Gasteiger partial charge in [0.05, 0.1) is 42.0 Å². The quantitative estimate of drug-likeness (QED) is 0.149. The number of aromatic hydroxyl groups is 2. The van der Waals surface area contributed by atoms with E-state index in [1.807, 2.05) is 0 Å². The Kier molecular flexibility index (Phi) is 7.46. The van der Waals surface area contributed by atoms with Crippen molar-refractivity contribution in [3.63, 3.8) is 0 Å². The van der Waals surface area contributed by atoms with Crippen molar-refractivity contribution in [2.75, 3.05) is 19.0 Å². The van der Waals surface area contributed by atoms with Crippen LogP contribution < -0.4 is 10.1 Å². The number of phenols is 2. The number of Topliss-reactive ketones (excluding diaryl/α,β-unsaturated/α-hetero) is 1. The molecule has 2 aliphatic carbocycles. The lowest BCUT2D eigenvalue weighted by Crippen LogP contribution is -2.52. The van der Waals surface area contributed by atoms with Crippen LogP contribution in [0.25, 0.3) is 0 Å². The fourth-order valence-electron chi connectivity index (χ4n) is 6.48. The number of ether oxygens (including phenoxy) is 3. The first-order valence-electron chi connectivity index (χ1n) is 14.1. The average Bonchev–Trinajstić information content (AvgIpc) is 3.52. The zero-order valence-corrected chi connectivity index (χ0v) is 23.9. The molecule has 2 aromatic carbocycles. The number of benzene rings is 2. The number of H-pyrrole nitrogens is 1. The maximum Gasteiger partial charge on any atom is 0.202 e. The van der Waals surface area contributed by atoms with Crippen LogP contribution in [0.4, 0.5) is 5.82 Å². The monoisotopic (exact) mass is 608 g/mol. The van der Waals surface area contributed by atoms with Crippen molar-refractivity contribution in [3.8, 4) is 17.2 Å². The van der Waals surface area contributed by atoms with Gasteiger partial charge in [-0.2, -0.15) is 0 Å². The third kappa shape index (κ3) is 4.64. The van der Waals surface area contributed by atoms with Crippen LogP contribution in [0.15, 0.2) is 36.5 Å². The molecule has 0 amide bonds. The van der Waals surface area contributed by atoms with Gasteiger partial charge in [-0.3, -0.25) is 14.4 Å². The van der Waals surface area contributed by atoms with Gasteiger partial charge in [-0.25, -0.2) is 0 Å². The van der Waals surface area contributed by atoms with Crippen molar-refractivity contribution in [2.24, 2.45) is 0 Å². The summed E-state index contributed by atoms with van der Waals surface area (Å²) in [5.74, 6) is -3.11. The molecule has 0 spiro atoms. The third-order valence-electron chi connectivity index (χ3n) is 8.70. The van der Waals surface area contributed by atoms with Crippen LogP contribution in [0.1, 0.15) is 68.8 Å². The Labute approximate surface area is 251 Å². The van der Waals surface area contributed by atoms with Crippen molar-refractivity contribution in [1.82, 2.24) is 4.98 Å². The Morgan fingerprint density at radius 1 is 1.11 bits per heavy atom. The average molecular weight is 609 g/mol. The normalized spacial score (nSPS) is 27.7. The molecule has 3 aromatic rings. The molecule has 1 fully saturated rings. The number of fused-ring (bicyclic) bond motifs is 3. The van der Waals surface area contributed by atoms with E-state index >= 15 is 0 Å². The van der Waals surface area contributed by atoms with Gasteiger partial charge < -0.3 is 50.0 Å². The van der Waals surface area contributed by atoms with E-state index in [0.717, 1.165) is 0 Å². The number of aliphatic hydroxyl groups is 3. The van der Waals surface area contributed by atoms with Crippen molar-refractivity contribution < 1.29 is 54.1 Å². The van der Waals surface area contributed by atoms with Crippen molar-refractivity contribution in [2.45, 2.75) is 62.4 Å². The number of ketones is 3. The number of aliphatic hydroxyl groups excluding tert-OH is 2. The second-order valence-corrected chi connectivity index (χ2v) is 11.3. The first-order valence-corrected chi connectivity index (χ1v) is 14.1. The third-order valence-corrected chi connectivity index (χ3v) is 8.70. The minimum atomic E-state index is -2.25. The number of methoxy groups -OCH3 is 1. The second-order valence-electron chi connectivity index (χ2n) is 11.3. The smallest absolute Gasteiger partial charge is 0.202 e. The summed E-state index contributed by atoms with van der Waals surface area (Å²) >= 11 is 0. The largest absolute Gasteiger partial charge is 0.507 e. The van der Waals surface area contributed by atoms with Gasteiger partial charge in [-0.05, 0) is 25.1 Å². The molecule has 1 aromatic heterocycles. The molecule has 0 radical (unpaired) electrons. The first-order chi connectivity index (χ1) is 21.0. The van der Waals surface area contributed by atoms with E-state index < -0.39 is 95.7 Å². The number of aromatic nitrogens is 1. The zero-order valence-electron chi connectivity index (χ0n) is 23.9. The summed E-state index contributed by atoms with van der Waals surface area (Å²) in [4.78, 5) is 43.2. The van der Waals surface area contributed by atoms with E-state index in [0.29, 0.717) is 5.82 Å². The first kappa shape index (κ1) is 29.8. The van der Waals surface area contributed by atoms with Gasteiger partial charge in [-0.1, -0.05) is 12.1 Å². The van der Waals surface area contributed by atoms with E-state index in [4.69, 9.17) is 14.2 Å². The van der Waals surface area contributed by atoms with Gasteiger partial charge >= 0.3 is 0 Å². The molecule has 6 rings (SSSR count). The van der Waals surface area contributed by atoms with Gasteiger partial charge in [0.2, 0.25) is 5.78 Å². The van der Waals surface area contributed by atoms with Gasteiger partial charge in [0, 0.05) is 42.1 Å². The highest BCUT2D eigenvalue weighted by Gasteiger charge is 2.50. The molecule has 0 saturated carbocycles. The molecule has 232 valence electrons. The SMILES string of the molecule is COc1cccc2c1C(=O)c1c(O)c3c(c(O)c1C2=O)C[C@@](O)(C(=O)CO)C[C@@H]3OC1CC(Nc2ccc[nH]2)C(O)C(C)O1. The Bertz CT molecular complexity index is 1650. The molecule has 13 nitrogen and oxygen atoms in total. The van der Waals surface area contributed by atoms with E-state index in [2.05, 4.69) is 10.3 Å². The topological polar surface area (TPSA) is 208 Å². The Morgan fingerprint density at radius 2 is 1.86 bits per heavy atom. The van der Waals surface area contributed by atoms with E-state index in [1.54, 1.807) is 25.3 Å². The Morgan fingerprint density at radius 3 is 2.55 bits per heavy atom. The Balaban J connectivity index is 1.45. The lowest BCUT2D eigenvalue weighted by atomic mass is 9.72. The van der Waals surface area contributed by atoms with Crippen LogP contribution in [0.2, 0.25) is 0 Å². The summed E-state index contributed by atoms with van der Waals surface area (Å²) in [7, 11) is 1.33. The van der Waals surface area contributed by atoms with Gasteiger partial charge in [0.15, 0.2) is 17.9 Å². The van der Waals surface area contributed by atoms with Crippen molar-refractivity contribution in [1.29, 1.82) is 0 Å². The van der Waals surface area contributed by atoms with Crippen molar-refractivity contribution >= 4 is 23.2 Å². The molecule has 7 N–H and O–H groups in total. The number of aromatic amines is 1. The predicted molar refractivity (Wildman–Crippen MR) is 152 cm³/mol. The fourth-order valence-corrected chi connectivity index (χ4v) is 6.48. The van der Waals surface area contributed by atoms with Gasteiger partial charge in [0.25, 0.3) is 0 Å². The summed E-state index contributed by atoms with van der Waals surface area (Å²) in [6.45, 7) is 0.616. The van der Waals surface area contributed by atoms with Crippen LogP contribution in [-0.4, -0.2) is 91.7 Å². The van der Waals surface area contributed by atoms with Crippen LogP contribution >= 0.6 is 0 Å². The van der Waals surface area contributed by atoms with Crippen LogP contribution in [0, 0.1) is 0 Å². The van der Waals surface area contributed by atoms with E-state index in [1.165, 1.54) is 25.3 Å². The zero-order chi connectivity index (χ0) is 31.5. The van der Waals surface area contributed by atoms with E-state index in [-0.39, 0.29) is 34.4 Å². The summed E-state index contributed by atoms with van der Waals surface area (Å²) < 4.78 is 17.5. The highest BCUT2D eigenvalue weighted by Crippen LogP contribution is 2.52. The predicted octanol–water partition coefficient (Wildman–Crippen LogP) is 1.48. The number of phenolic OH excluding ortho intramolecular Hbond substituents is 2. The molecule has 3 aliphatic rings. The van der Waals surface area contributed by atoms with Gasteiger partial charge in [-0.15, -0.1) is 0 Å². The summed E-state index contributed by atoms with van der Waals surface area (Å²) in [6, 6.07) is 7.38. The highest BCUT2D eigenvalue weighted by atomic mass is 16.7. The fraction of sp³-hybridized carbons (Fsp3) is 0.387. The summed E-state index contributed by atoms with van der Waals surface area (Å²) in [5, 5.41) is 58.1. The molecular weight excluding hydrogens is 576 g/mol. The minimum Gasteiger partial charge on any atom is -0.507 e. The molecule has 1 aliphatic heterocycles. The minimum absolute atomic E-state index is 0.0504. The summed E-state index contributed by atoms with van der Waals surface area (Å²) in [5.41, 5.74) is -3.62. The van der Waals surface area contributed by atoms with Crippen LogP contribution in [0.5, 0.6) is 17.2 Å². The lowest BCUT2D eigenvalue weighted by molar-refractivity contribution is -0.245. The standard InChI is InChI=1S/C31H32N2O11/c1-13-26(36)16(33-20-7-4-8-32-20)9-21(43-13)44-18-11-31(41,19(35)12-34)10-15-23(18)30(40)25-24(28(15)38)27(37)14-5-3-6-17(42-2)22(14)29(25)39/h3-8,13,16,18,21,26,32-34,36,38,40-41H,9-12H2,1-2H3/t13?,16?,18-,21?,26?,31-/m0/s1. The number of nitrogens with one attached hydrogen (secondary N) is 2. The highest BCUT2D eigenvalue weighted by molar-refractivity contribution is 6.31. The number of hydrogen-bond acceptors (Lipinski definition) is 12. The number of anilines is 1. The lowest BCUT2D eigenvalue weighted by Gasteiger charge is -2.43. The van der Waals surface area contributed by atoms with E-state index in [9.17, 15) is 39.9 Å². The Hall–Kier alpha value is -4.27. The molecule has 1 saturated heterocycles. The molecule has 2 heterocycles. The van der Waals surface area contributed by atoms with Crippen LogP contribution in [0.3, 0.4) is 0 Å². The maximum atomic E-state index is 13.8. The molecule has 0 bridgehead atoms. The van der Waals surface area contributed by atoms with Crippen LogP contribution in [-0.2, 0) is 20.7 Å². The maximum absolute atomic E-state index is 13.8.